The van der Waals surface area contributed by atoms with Gasteiger partial charge in [-0.2, -0.15) is 0 Å². The van der Waals surface area contributed by atoms with E-state index in [1.54, 1.807) is 0 Å². The minimum absolute atomic E-state index is 0.869. The largest absolute Gasteiger partial charge is 0.249 e. The quantitative estimate of drug-likeness (QED) is 0.561. The van der Waals surface area contributed by atoms with Crippen LogP contribution in [-0.2, 0) is 5.33 Å². The Morgan fingerprint density at radius 2 is 2.30 bits per heavy atom. The fraction of sp³-hybridized carbons (Fsp3) is 0.286. The van der Waals surface area contributed by atoms with E-state index < -0.39 is 0 Å². The molecule has 0 radical (unpaired) electrons. The van der Waals surface area contributed by atoms with Crippen LogP contribution in [0.4, 0.5) is 0 Å². The van der Waals surface area contributed by atoms with Gasteiger partial charge in [-0.25, -0.2) is 4.98 Å². The van der Waals surface area contributed by atoms with Crippen LogP contribution in [0.1, 0.15) is 11.1 Å². The smallest absolute Gasteiger partial charge is 0.108 e. The van der Waals surface area contributed by atoms with Gasteiger partial charge in [0, 0.05) is 11.5 Å². The fourth-order valence-corrected chi connectivity index (χ4v) is 1.21. The number of alkyl halides is 1. The topological polar surface area (TPSA) is 12.9 Å². The maximum absolute atomic E-state index is 4.14. The highest BCUT2D eigenvalue weighted by Gasteiger charge is 1.95. The van der Waals surface area contributed by atoms with E-state index in [0.717, 1.165) is 9.93 Å². The van der Waals surface area contributed by atoms with Gasteiger partial charge in [-0.1, -0.05) is 22.0 Å². The number of rotatable bonds is 1. The summed E-state index contributed by atoms with van der Waals surface area (Å²) in [6.07, 6.45) is 1.85. The van der Waals surface area contributed by atoms with Crippen molar-refractivity contribution in [2.24, 2.45) is 0 Å². The second-order valence-electron chi connectivity index (χ2n) is 2.08. The monoisotopic (exact) mass is 263 g/mol. The summed E-state index contributed by atoms with van der Waals surface area (Å²) in [5.41, 5.74) is 2.39. The molecule has 54 valence electrons. The molecule has 1 aromatic rings. The van der Waals surface area contributed by atoms with E-state index in [4.69, 9.17) is 0 Å². The van der Waals surface area contributed by atoms with Gasteiger partial charge in [0.15, 0.2) is 0 Å². The molecule has 0 N–H and O–H groups in total. The summed E-state index contributed by atoms with van der Waals surface area (Å²) in [5.74, 6) is 0. The van der Waals surface area contributed by atoms with Crippen LogP contribution < -0.4 is 0 Å². The third-order valence-electron chi connectivity index (χ3n) is 1.23. The summed E-state index contributed by atoms with van der Waals surface area (Å²) in [7, 11) is 0. The molecular weight excluding hydrogens is 258 g/mol. The van der Waals surface area contributed by atoms with Crippen LogP contribution >= 0.6 is 31.9 Å². The molecule has 0 fully saturated rings. The van der Waals surface area contributed by atoms with Crippen LogP contribution in [0.3, 0.4) is 0 Å². The molecule has 0 aliphatic heterocycles. The summed E-state index contributed by atoms with van der Waals surface area (Å²) < 4.78 is 0.928. The lowest BCUT2D eigenvalue weighted by Crippen LogP contribution is -1.84. The molecule has 1 nitrogen and oxygen atoms in total. The van der Waals surface area contributed by atoms with E-state index >= 15 is 0 Å². The molecule has 3 heteroatoms. The Kier molecular flexibility index (Phi) is 2.86. The van der Waals surface area contributed by atoms with E-state index in [9.17, 15) is 0 Å². The Morgan fingerprint density at radius 3 is 2.80 bits per heavy atom. The molecule has 1 aromatic heterocycles. The van der Waals surface area contributed by atoms with E-state index in [1.165, 1.54) is 11.1 Å². The number of halogens is 2. The summed E-state index contributed by atoms with van der Waals surface area (Å²) >= 11 is 6.69. The van der Waals surface area contributed by atoms with Gasteiger partial charge in [0.05, 0.1) is 0 Å². The summed E-state index contributed by atoms with van der Waals surface area (Å²) in [6, 6.07) is 2.10. The van der Waals surface area contributed by atoms with Crippen LogP contribution in [0.2, 0.25) is 0 Å². The predicted octanol–water partition coefficient (Wildman–Crippen LogP) is 3.05. The van der Waals surface area contributed by atoms with E-state index in [-0.39, 0.29) is 0 Å². The molecule has 1 heterocycles. The van der Waals surface area contributed by atoms with Crippen LogP contribution in [-0.4, -0.2) is 4.98 Å². The van der Waals surface area contributed by atoms with Crippen molar-refractivity contribution in [3.05, 3.63) is 28.0 Å². The third-order valence-corrected chi connectivity index (χ3v) is 2.70. The van der Waals surface area contributed by atoms with Crippen molar-refractivity contribution in [2.45, 2.75) is 12.3 Å². The molecule has 0 amide bonds. The maximum Gasteiger partial charge on any atom is 0.108 e. The molecule has 0 unspecified atom stereocenters. The third kappa shape index (κ3) is 1.80. The molecule has 1 rings (SSSR count). The van der Waals surface area contributed by atoms with Gasteiger partial charge in [-0.05, 0) is 34.0 Å². The highest BCUT2D eigenvalue weighted by atomic mass is 79.9. The molecular formula is C7H7Br2N. The lowest BCUT2D eigenvalue weighted by atomic mass is 10.2. The predicted molar refractivity (Wildman–Crippen MR) is 49.3 cm³/mol. The molecule has 0 atom stereocenters. The molecule has 0 aliphatic rings. The van der Waals surface area contributed by atoms with Crippen molar-refractivity contribution >= 4 is 31.9 Å². The zero-order chi connectivity index (χ0) is 7.56. The summed E-state index contributed by atoms with van der Waals surface area (Å²) in [5, 5.41) is 0.869. The first-order valence-electron chi connectivity index (χ1n) is 2.91. The van der Waals surface area contributed by atoms with Crippen LogP contribution in [0.25, 0.3) is 0 Å². The van der Waals surface area contributed by atoms with Gasteiger partial charge in [0.2, 0.25) is 0 Å². The molecule has 0 aliphatic carbocycles. The molecule has 0 bridgehead atoms. The second-order valence-corrected chi connectivity index (χ2v) is 3.40. The van der Waals surface area contributed by atoms with Gasteiger partial charge >= 0.3 is 0 Å². The molecule has 0 spiro atoms. The van der Waals surface area contributed by atoms with Crippen LogP contribution in [0.5, 0.6) is 0 Å². The molecule has 0 aromatic carbocycles. The Hall–Kier alpha value is 0.110. The highest BCUT2D eigenvalue weighted by molar-refractivity contribution is 9.10. The second kappa shape index (κ2) is 3.49. The molecule has 10 heavy (non-hydrogen) atoms. The first-order chi connectivity index (χ1) is 4.74. The SMILES string of the molecule is Cc1cc(CBr)cnc1Br. The van der Waals surface area contributed by atoms with Gasteiger partial charge in [0.1, 0.15) is 4.60 Å². The number of aromatic nitrogens is 1. The molecule has 0 saturated carbocycles. The van der Waals surface area contributed by atoms with Gasteiger partial charge in [-0.15, -0.1) is 0 Å². The van der Waals surface area contributed by atoms with Crippen molar-refractivity contribution in [3.63, 3.8) is 0 Å². The molecule has 0 saturated heterocycles. The number of pyridine rings is 1. The standard InChI is InChI=1S/C7H7Br2N/c1-5-2-6(3-8)4-10-7(5)9/h2,4H,3H2,1H3. The van der Waals surface area contributed by atoms with Gasteiger partial charge in [0.25, 0.3) is 0 Å². The number of hydrogen-bond donors (Lipinski definition) is 0. The average molecular weight is 265 g/mol. The number of hydrogen-bond acceptors (Lipinski definition) is 1. The van der Waals surface area contributed by atoms with Crippen molar-refractivity contribution < 1.29 is 0 Å². The van der Waals surface area contributed by atoms with Crippen molar-refractivity contribution in [1.29, 1.82) is 0 Å². The Balaban J connectivity index is 3.04. The zero-order valence-corrected chi connectivity index (χ0v) is 8.74. The number of nitrogens with zero attached hydrogens (tertiary/aromatic N) is 1. The van der Waals surface area contributed by atoms with E-state index in [1.807, 2.05) is 13.1 Å². The zero-order valence-electron chi connectivity index (χ0n) is 5.56. The van der Waals surface area contributed by atoms with Crippen molar-refractivity contribution in [3.8, 4) is 0 Å². The highest BCUT2D eigenvalue weighted by Crippen LogP contribution is 2.14. The maximum atomic E-state index is 4.14. The summed E-state index contributed by atoms with van der Waals surface area (Å²) in [6.45, 7) is 2.03. The normalized spacial score (nSPS) is 9.90. The minimum Gasteiger partial charge on any atom is -0.249 e. The van der Waals surface area contributed by atoms with Gasteiger partial charge in [-0.3, -0.25) is 0 Å². The fourth-order valence-electron chi connectivity index (χ4n) is 0.689. The van der Waals surface area contributed by atoms with Crippen LogP contribution in [0.15, 0.2) is 16.9 Å². The minimum atomic E-state index is 0.869. The number of aryl methyl sites for hydroxylation is 1. The van der Waals surface area contributed by atoms with E-state index in [0.29, 0.717) is 0 Å². The van der Waals surface area contributed by atoms with E-state index in [2.05, 4.69) is 42.9 Å². The average Bonchev–Trinajstić information content (AvgIpc) is 1.95. The first-order valence-corrected chi connectivity index (χ1v) is 4.82. The lowest BCUT2D eigenvalue weighted by molar-refractivity contribution is 1.17. The lowest BCUT2D eigenvalue weighted by Gasteiger charge is -1.98. The van der Waals surface area contributed by atoms with Gasteiger partial charge < -0.3 is 0 Å². The first kappa shape index (κ1) is 8.21. The Labute approximate surface area is 77.1 Å². The van der Waals surface area contributed by atoms with Crippen LogP contribution in [0, 0.1) is 6.92 Å². The summed E-state index contributed by atoms with van der Waals surface area (Å²) in [4.78, 5) is 4.14. The van der Waals surface area contributed by atoms with Crippen molar-refractivity contribution in [2.75, 3.05) is 0 Å². The Bertz CT molecular complexity index is 235. The Morgan fingerprint density at radius 1 is 1.60 bits per heavy atom. The van der Waals surface area contributed by atoms with Crippen molar-refractivity contribution in [1.82, 2.24) is 4.98 Å².